The summed E-state index contributed by atoms with van der Waals surface area (Å²) in [6.45, 7) is 3.09. The quantitative estimate of drug-likeness (QED) is 0.708. The van der Waals surface area contributed by atoms with Gasteiger partial charge in [0.1, 0.15) is 19.0 Å². The number of thiophene rings is 1. The van der Waals surface area contributed by atoms with E-state index in [0.717, 1.165) is 27.5 Å². The molecule has 0 radical (unpaired) electrons. The van der Waals surface area contributed by atoms with E-state index >= 15 is 0 Å². The molecule has 2 heterocycles. The molecular formula is C21H19NO4S. The first-order chi connectivity index (χ1) is 13.1. The van der Waals surface area contributed by atoms with Crippen LogP contribution in [-0.4, -0.2) is 26.2 Å². The van der Waals surface area contributed by atoms with Gasteiger partial charge in [0.05, 0.1) is 17.7 Å². The molecule has 5 nitrogen and oxygen atoms in total. The molecule has 1 aromatic heterocycles. The van der Waals surface area contributed by atoms with Gasteiger partial charge in [0.2, 0.25) is 0 Å². The molecule has 2 aromatic carbocycles. The molecule has 1 aliphatic rings. The van der Waals surface area contributed by atoms with Crippen LogP contribution in [0.15, 0.2) is 48.5 Å². The maximum absolute atomic E-state index is 12.7. The average molecular weight is 381 g/mol. The molecule has 0 fully saturated rings. The van der Waals surface area contributed by atoms with Crippen LogP contribution < -0.4 is 19.5 Å². The molecule has 0 saturated carbocycles. The molecule has 1 aliphatic heterocycles. The predicted molar refractivity (Wildman–Crippen MR) is 106 cm³/mol. The molecule has 138 valence electrons. The fourth-order valence-corrected chi connectivity index (χ4v) is 3.81. The molecule has 6 heteroatoms. The summed E-state index contributed by atoms with van der Waals surface area (Å²) >= 11 is 1.43. The lowest BCUT2D eigenvalue weighted by atomic mass is 10.1. The van der Waals surface area contributed by atoms with Crippen LogP contribution in [0.1, 0.15) is 15.2 Å². The zero-order valence-corrected chi connectivity index (χ0v) is 15.9. The molecule has 3 aromatic rings. The largest absolute Gasteiger partial charge is 0.495 e. The Balaban J connectivity index is 1.56. The summed E-state index contributed by atoms with van der Waals surface area (Å²) in [7, 11) is 1.59. The van der Waals surface area contributed by atoms with Crippen molar-refractivity contribution in [1.82, 2.24) is 0 Å². The van der Waals surface area contributed by atoms with Crippen LogP contribution in [0.2, 0.25) is 0 Å². The number of rotatable bonds is 4. The smallest absolute Gasteiger partial charge is 0.265 e. The average Bonchev–Trinajstić information content (AvgIpc) is 3.18. The number of hydrogen-bond acceptors (Lipinski definition) is 5. The van der Waals surface area contributed by atoms with Crippen molar-refractivity contribution in [3.05, 3.63) is 59.0 Å². The molecule has 0 saturated heterocycles. The Morgan fingerprint density at radius 3 is 2.67 bits per heavy atom. The predicted octanol–water partition coefficient (Wildman–Crippen LogP) is 4.76. The van der Waals surface area contributed by atoms with Crippen LogP contribution >= 0.6 is 11.3 Å². The van der Waals surface area contributed by atoms with Gasteiger partial charge >= 0.3 is 0 Å². The summed E-state index contributed by atoms with van der Waals surface area (Å²) < 4.78 is 16.5. The molecule has 0 unspecified atom stereocenters. The van der Waals surface area contributed by atoms with E-state index in [1.54, 1.807) is 7.11 Å². The van der Waals surface area contributed by atoms with E-state index in [1.165, 1.54) is 11.3 Å². The minimum atomic E-state index is -0.160. The maximum atomic E-state index is 12.7. The molecule has 0 spiro atoms. The SMILES string of the molecule is COc1ccc(C)cc1NC(=O)c1ccc(-c2ccc3c(c2)OCCO3)s1. The third-order valence-electron chi connectivity index (χ3n) is 4.26. The van der Waals surface area contributed by atoms with Crippen LogP contribution in [0, 0.1) is 6.92 Å². The van der Waals surface area contributed by atoms with Crippen molar-refractivity contribution in [2.24, 2.45) is 0 Å². The lowest BCUT2D eigenvalue weighted by Crippen LogP contribution is -2.15. The zero-order chi connectivity index (χ0) is 18.8. The third-order valence-corrected chi connectivity index (χ3v) is 5.39. The van der Waals surface area contributed by atoms with E-state index in [2.05, 4.69) is 5.32 Å². The van der Waals surface area contributed by atoms with E-state index < -0.39 is 0 Å². The minimum Gasteiger partial charge on any atom is -0.495 e. The summed E-state index contributed by atoms with van der Waals surface area (Å²) in [5.74, 6) is 1.97. The Labute approximate surface area is 161 Å². The standard InChI is InChI=1S/C21H19NO4S/c1-13-3-5-16(24-2)15(11-13)22-21(23)20-8-7-19(27-20)14-4-6-17-18(12-14)26-10-9-25-17/h3-8,11-12H,9-10H2,1-2H3,(H,22,23). The number of anilines is 1. The number of carbonyl (C=O) groups is 1. The van der Waals surface area contributed by atoms with Crippen LogP contribution in [0.5, 0.6) is 17.2 Å². The molecular weight excluding hydrogens is 362 g/mol. The molecule has 1 N–H and O–H groups in total. The summed E-state index contributed by atoms with van der Waals surface area (Å²) in [6.07, 6.45) is 0. The fourth-order valence-electron chi connectivity index (χ4n) is 2.92. The lowest BCUT2D eigenvalue weighted by Gasteiger charge is -2.18. The summed E-state index contributed by atoms with van der Waals surface area (Å²) in [4.78, 5) is 14.3. The topological polar surface area (TPSA) is 56.8 Å². The first-order valence-electron chi connectivity index (χ1n) is 8.60. The Morgan fingerprint density at radius 2 is 1.85 bits per heavy atom. The number of carbonyl (C=O) groups excluding carboxylic acids is 1. The van der Waals surface area contributed by atoms with E-state index in [-0.39, 0.29) is 5.91 Å². The van der Waals surface area contributed by atoms with Gasteiger partial charge in [-0.05, 0) is 60.5 Å². The Kier molecular flexibility index (Phi) is 4.73. The second-order valence-electron chi connectivity index (χ2n) is 6.18. The molecule has 1 amide bonds. The first-order valence-corrected chi connectivity index (χ1v) is 9.41. The van der Waals surface area contributed by atoms with E-state index in [9.17, 15) is 4.79 Å². The maximum Gasteiger partial charge on any atom is 0.265 e. The van der Waals surface area contributed by atoms with Gasteiger partial charge in [-0.1, -0.05) is 6.07 Å². The molecule has 0 bridgehead atoms. The van der Waals surface area contributed by atoms with Crippen molar-refractivity contribution < 1.29 is 19.0 Å². The van der Waals surface area contributed by atoms with Gasteiger partial charge in [-0.15, -0.1) is 11.3 Å². The molecule has 0 atom stereocenters. The van der Waals surface area contributed by atoms with Crippen molar-refractivity contribution in [3.63, 3.8) is 0 Å². The number of benzene rings is 2. The Hall–Kier alpha value is -2.99. The van der Waals surface area contributed by atoms with Gasteiger partial charge in [-0.3, -0.25) is 4.79 Å². The Morgan fingerprint density at radius 1 is 1.04 bits per heavy atom. The van der Waals surface area contributed by atoms with Crippen LogP contribution in [0.4, 0.5) is 5.69 Å². The lowest BCUT2D eigenvalue weighted by molar-refractivity contribution is 0.103. The highest BCUT2D eigenvalue weighted by Gasteiger charge is 2.16. The first kappa shape index (κ1) is 17.4. The number of aryl methyl sites for hydroxylation is 1. The number of amides is 1. The number of nitrogens with one attached hydrogen (secondary N) is 1. The van der Waals surface area contributed by atoms with Gasteiger partial charge < -0.3 is 19.5 Å². The second kappa shape index (κ2) is 7.32. The molecule has 4 rings (SSSR count). The highest BCUT2D eigenvalue weighted by atomic mass is 32.1. The summed E-state index contributed by atoms with van der Waals surface area (Å²) in [5.41, 5.74) is 2.71. The van der Waals surface area contributed by atoms with Crippen molar-refractivity contribution in [2.75, 3.05) is 25.6 Å². The van der Waals surface area contributed by atoms with Gasteiger partial charge in [-0.2, -0.15) is 0 Å². The third kappa shape index (κ3) is 3.61. The minimum absolute atomic E-state index is 0.160. The van der Waals surface area contributed by atoms with E-state index in [0.29, 0.717) is 29.5 Å². The van der Waals surface area contributed by atoms with Crippen molar-refractivity contribution >= 4 is 22.9 Å². The summed E-state index contributed by atoms with van der Waals surface area (Å²) in [6, 6.07) is 15.3. The van der Waals surface area contributed by atoms with Crippen molar-refractivity contribution in [2.45, 2.75) is 6.92 Å². The summed E-state index contributed by atoms with van der Waals surface area (Å²) in [5, 5.41) is 2.94. The van der Waals surface area contributed by atoms with E-state index in [4.69, 9.17) is 14.2 Å². The normalized spacial score (nSPS) is 12.5. The number of methoxy groups -OCH3 is 1. The van der Waals surface area contributed by atoms with Crippen LogP contribution in [0.3, 0.4) is 0 Å². The fraction of sp³-hybridized carbons (Fsp3) is 0.190. The second-order valence-corrected chi connectivity index (χ2v) is 7.26. The Bertz CT molecular complexity index is 996. The highest BCUT2D eigenvalue weighted by molar-refractivity contribution is 7.17. The van der Waals surface area contributed by atoms with Crippen LogP contribution in [-0.2, 0) is 0 Å². The van der Waals surface area contributed by atoms with Gasteiger partial charge in [0.15, 0.2) is 11.5 Å². The van der Waals surface area contributed by atoms with Gasteiger partial charge in [-0.25, -0.2) is 0 Å². The van der Waals surface area contributed by atoms with Crippen molar-refractivity contribution in [3.8, 4) is 27.7 Å². The molecule has 27 heavy (non-hydrogen) atoms. The highest BCUT2D eigenvalue weighted by Crippen LogP contribution is 2.37. The number of ether oxygens (including phenoxy) is 3. The monoisotopic (exact) mass is 381 g/mol. The zero-order valence-electron chi connectivity index (χ0n) is 15.1. The number of hydrogen-bond donors (Lipinski definition) is 1. The van der Waals surface area contributed by atoms with Crippen molar-refractivity contribution in [1.29, 1.82) is 0 Å². The van der Waals surface area contributed by atoms with E-state index in [1.807, 2.05) is 55.5 Å². The molecule has 0 aliphatic carbocycles. The van der Waals surface area contributed by atoms with Crippen LogP contribution in [0.25, 0.3) is 10.4 Å². The number of fused-ring (bicyclic) bond motifs is 1. The van der Waals surface area contributed by atoms with Gasteiger partial charge in [0, 0.05) is 4.88 Å². The van der Waals surface area contributed by atoms with Gasteiger partial charge in [0.25, 0.3) is 5.91 Å².